The smallest absolute Gasteiger partial charge is 0.488 e. The van der Waals surface area contributed by atoms with E-state index in [0.29, 0.717) is 17.8 Å². The molecule has 8 heteroatoms. The first-order chi connectivity index (χ1) is 15.5. The number of aryl methyl sites for hydroxylation is 1. The van der Waals surface area contributed by atoms with E-state index in [9.17, 15) is 10.0 Å². The molecular formula is C24H24BN3O4. The van der Waals surface area contributed by atoms with Crippen LogP contribution in [0.3, 0.4) is 0 Å². The van der Waals surface area contributed by atoms with Crippen LogP contribution >= 0.6 is 0 Å². The van der Waals surface area contributed by atoms with Gasteiger partial charge in [0.15, 0.2) is 5.82 Å². The minimum absolute atomic E-state index is 0.447. The average molecular weight is 429 g/mol. The third-order valence-corrected chi connectivity index (χ3v) is 5.42. The number of rotatable bonds is 7. The van der Waals surface area contributed by atoms with Crippen LogP contribution in [0.4, 0.5) is 5.82 Å². The maximum absolute atomic E-state index is 9.48. The molecule has 0 amide bonds. The summed E-state index contributed by atoms with van der Waals surface area (Å²) in [6.07, 6.45) is 0. The normalized spacial score (nSPS) is 10.8. The number of anilines is 1. The Morgan fingerprint density at radius 2 is 1.69 bits per heavy atom. The molecule has 3 aromatic carbocycles. The number of benzene rings is 3. The summed E-state index contributed by atoms with van der Waals surface area (Å²) < 4.78 is 10.7. The van der Waals surface area contributed by atoms with Crippen LogP contribution in [0.1, 0.15) is 11.3 Å². The van der Waals surface area contributed by atoms with E-state index in [1.165, 1.54) is 0 Å². The highest BCUT2D eigenvalue weighted by Crippen LogP contribution is 2.30. The number of aromatic nitrogens is 2. The van der Waals surface area contributed by atoms with Gasteiger partial charge in [0.25, 0.3) is 0 Å². The molecule has 0 aliphatic heterocycles. The van der Waals surface area contributed by atoms with Crippen molar-refractivity contribution in [2.75, 3.05) is 19.5 Å². The second-order valence-corrected chi connectivity index (χ2v) is 7.42. The fourth-order valence-electron chi connectivity index (χ4n) is 3.65. The predicted octanol–water partition coefficient (Wildman–Crippen LogP) is 2.91. The van der Waals surface area contributed by atoms with Gasteiger partial charge < -0.3 is 24.8 Å². The van der Waals surface area contributed by atoms with E-state index < -0.39 is 7.12 Å². The van der Waals surface area contributed by atoms with Gasteiger partial charge >= 0.3 is 7.12 Å². The van der Waals surface area contributed by atoms with Gasteiger partial charge in [-0.25, -0.2) is 0 Å². The maximum Gasteiger partial charge on any atom is 0.488 e. The van der Waals surface area contributed by atoms with E-state index in [0.717, 1.165) is 44.7 Å². The zero-order valence-corrected chi connectivity index (χ0v) is 18.2. The molecule has 4 rings (SSSR count). The minimum atomic E-state index is -1.51. The second kappa shape index (κ2) is 9.26. The Morgan fingerprint density at radius 3 is 2.44 bits per heavy atom. The van der Waals surface area contributed by atoms with Gasteiger partial charge in [-0.05, 0) is 47.8 Å². The molecule has 0 unspecified atom stereocenters. The van der Waals surface area contributed by atoms with Crippen molar-refractivity contribution in [2.45, 2.75) is 13.5 Å². The average Bonchev–Trinajstić information content (AvgIpc) is 2.83. The lowest BCUT2D eigenvalue weighted by Gasteiger charge is -2.14. The summed E-state index contributed by atoms with van der Waals surface area (Å²) in [6.45, 7) is 2.43. The van der Waals surface area contributed by atoms with Gasteiger partial charge in [-0.3, -0.25) is 0 Å². The lowest BCUT2D eigenvalue weighted by Crippen LogP contribution is -2.29. The molecule has 0 aliphatic rings. The van der Waals surface area contributed by atoms with Gasteiger partial charge in [0.05, 0.1) is 19.9 Å². The predicted molar refractivity (Wildman–Crippen MR) is 126 cm³/mol. The highest BCUT2D eigenvalue weighted by molar-refractivity contribution is 6.58. The lowest BCUT2D eigenvalue weighted by atomic mass is 9.79. The van der Waals surface area contributed by atoms with Gasteiger partial charge in [0, 0.05) is 28.9 Å². The molecule has 7 nitrogen and oxygen atoms in total. The molecule has 1 heterocycles. The van der Waals surface area contributed by atoms with Crippen molar-refractivity contribution in [3.8, 4) is 22.6 Å². The van der Waals surface area contributed by atoms with E-state index in [2.05, 4.69) is 15.5 Å². The van der Waals surface area contributed by atoms with Crippen molar-refractivity contribution < 1.29 is 19.5 Å². The quantitative estimate of drug-likeness (QED) is 0.389. The van der Waals surface area contributed by atoms with Gasteiger partial charge in [0.1, 0.15) is 11.5 Å². The lowest BCUT2D eigenvalue weighted by molar-refractivity contribution is 0.391. The maximum atomic E-state index is 9.48. The van der Waals surface area contributed by atoms with E-state index >= 15 is 0 Å². The summed E-state index contributed by atoms with van der Waals surface area (Å²) in [6, 6.07) is 18.9. The Morgan fingerprint density at radius 1 is 0.875 bits per heavy atom. The first-order valence-corrected chi connectivity index (χ1v) is 10.2. The van der Waals surface area contributed by atoms with E-state index in [1.54, 1.807) is 32.4 Å². The largest absolute Gasteiger partial charge is 0.497 e. The molecule has 0 saturated heterocycles. The molecule has 0 atom stereocenters. The monoisotopic (exact) mass is 429 g/mol. The Bertz CT molecular complexity index is 1260. The van der Waals surface area contributed by atoms with Crippen LogP contribution in [0.2, 0.25) is 0 Å². The number of nitrogens with zero attached hydrogens (tertiary/aromatic N) is 2. The number of hydrogen-bond donors (Lipinski definition) is 3. The SMILES string of the molecule is COc1ccc(CNc2nnc(C)c3cc(-c4cccc(B(O)O)c4)ccc23)c(OC)c1. The Hall–Kier alpha value is -3.62. The topological polar surface area (TPSA) is 96.7 Å². The first-order valence-electron chi connectivity index (χ1n) is 10.2. The molecule has 0 radical (unpaired) electrons. The van der Waals surface area contributed by atoms with Crippen LogP contribution in [0.15, 0.2) is 60.7 Å². The first kappa shape index (κ1) is 21.6. The summed E-state index contributed by atoms with van der Waals surface area (Å²) in [5.74, 6) is 2.14. The second-order valence-electron chi connectivity index (χ2n) is 7.42. The van der Waals surface area contributed by atoms with Gasteiger partial charge in [-0.2, -0.15) is 5.10 Å². The Kier molecular flexibility index (Phi) is 6.25. The van der Waals surface area contributed by atoms with Crippen molar-refractivity contribution in [3.05, 3.63) is 71.9 Å². The zero-order chi connectivity index (χ0) is 22.7. The third kappa shape index (κ3) is 4.37. The zero-order valence-electron chi connectivity index (χ0n) is 18.2. The van der Waals surface area contributed by atoms with Crippen molar-refractivity contribution in [2.24, 2.45) is 0 Å². The minimum Gasteiger partial charge on any atom is -0.497 e. The fourth-order valence-corrected chi connectivity index (χ4v) is 3.65. The van der Waals surface area contributed by atoms with E-state index in [4.69, 9.17) is 9.47 Å². The number of ether oxygens (including phenoxy) is 2. The fraction of sp³-hybridized carbons (Fsp3) is 0.167. The summed E-state index contributed by atoms with van der Waals surface area (Å²) in [5, 5.41) is 32.9. The highest BCUT2D eigenvalue weighted by atomic mass is 16.5. The summed E-state index contributed by atoms with van der Waals surface area (Å²) >= 11 is 0. The molecule has 3 N–H and O–H groups in total. The molecule has 0 aliphatic carbocycles. The molecule has 0 bridgehead atoms. The molecular weight excluding hydrogens is 405 g/mol. The highest BCUT2D eigenvalue weighted by Gasteiger charge is 2.13. The third-order valence-electron chi connectivity index (χ3n) is 5.42. The summed E-state index contributed by atoms with van der Waals surface area (Å²) in [7, 11) is 1.75. The van der Waals surface area contributed by atoms with Gasteiger partial charge in [-0.1, -0.05) is 30.3 Å². The Balaban J connectivity index is 1.66. The molecule has 162 valence electrons. The number of fused-ring (bicyclic) bond motifs is 1. The van der Waals surface area contributed by atoms with Crippen molar-refractivity contribution in [3.63, 3.8) is 0 Å². The number of hydrogen-bond acceptors (Lipinski definition) is 7. The molecule has 4 aromatic rings. The molecule has 32 heavy (non-hydrogen) atoms. The molecule has 0 saturated carbocycles. The van der Waals surface area contributed by atoms with Gasteiger partial charge in [-0.15, -0.1) is 5.10 Å². The number of methoxy groups -OCH3 is 2. The summed E-state index contributed by atoms with van der Waals surface area (Å²) in [5.41, 5.74) is 4.08. The van der Waals surface area contributed by atoms with Crippen LogP contribution in [-0.2, 0) is 6.54 Å². The molecule has 0 spiro atoms. The van der Waals surface area contributed by atoms with Crippen molar-refractivity contribution in [1.82, 2.24) is 10.2 Å². The van der Waals surface area contributed by atoms with E-state index in [1.807, 2.05) is 49.4 Å². The van der Waals surface area contributed by atoms with Crippen molar-refractivity contribution in [1.29, 1.82) is 0 Å². The standard InChI is InChI=1S/C24H24BN3O4/c1-15-22-12-17(16-5-4-6-19(11-16)25(29)30)8-10-21(22)24(28-27-15)26-14-18-7-9-20(31-2)13-23(18)32-3/h4-13,29-30H,14H2,1-3H3,(H,26,28). The van der Waals surface area contributed by atoms with Crippen molar-refractivity contribution >= 4 is 29.2 Å². The molecule has 1 aromatic heterocycles. The summed E-state index contributed by atoms with van der Waals surface area (Å²) in [4.78, 5) is 0. The van der Waals surface area contributed by atoms with Crippen LogP contribution in [-0.4, -0.2) is 41.6 Å². The van der Waals surface area contributed by atoms with Crippen LogP contribution in [0.5, 0.6) is 11.5 Å². The van der Waals surface area contributed by atoms with Crippen LogP contribution < -0.4 is 20.3 Å². The Labute approximate surface area is 186 Å². The van der Waals surface area contributed by atoms with Gasteiger partial charge in [0.2, 0.25) is 0 Å². The van der Waals surface area contributed by atoms with Crippen LogP contribution in [0, 0.1) is 6.92 Å². The molecule has 0 fully saturated rings. The number of nitrogens with one attached hydrogen (secondary N) is 1. The van der Waals surface area contributed by atoms with Crippen LogP contribution in [0.25, 0.3) is 21.9 Å². The van der Waals surface area contributed by atoms with E-state index in [-0.39, 0.29) is 0 Å².